The Labute approximate surface area is 246 Å². The van der Waals surface area contributed by atoms with E-state index in [0.29, 0.717) is 23.6 Å². The predicted molar refractivity (Wildman–Crippen MR) is 150 cm³/mol. The molecule has 14 heteroatoms. The average molecular weight is 621 g/mol. The molecule has 0 saturated carbocycles. The molecule has 0 unspecified atom stereocenters. The Bertz CT molecular complexity index is 1260. The lowest BCUT2D eigenvalue weighted by molar-refractivity contribution is -0.142. The van der Waals surface area contributed by atoms with Gasteiger partial charge in [0.05, 0.1) is 7.11 Å². The maximum absolute atomic E-state index is 14.8. The van der Waals surface area contributed by atoms with Crippen LogP contribution < -0.4 is 16.4 Å². The smallest absolute Gasteiger partial charge is 0.328 e. The van der Waals surface area contributed by atoms with Gasteiger partial charge in [-0.05, 0) is 36.1 Å². The molecule has 0 radical (unpaired) electrons. The summed E-state index contributed by atoms with van der Waals surface area (Å²) in [4.78, 5) is 39.0. The minimum absolute atomic E-state index is 0. The van der Waals surface area contributed by atoms with Crippen LogP contribution in [0.1, 0.15) is 31.4 Å². The first-order chi connectivity index (χ1) is 18.9. The molecule has 3 rings (SSSR count). The zero-order valence-corrected chi connectivity index (χ0v) is 24.4. The number of anilines is 1. The van der Waals surface area contributed by atoms with Crippen LogP contribution in [0, 0.1) is 29.2 Å². The number of esters is 1. The van der Waals surface area contributed by atoms with E-state index in [1.54, 1.807) is 6.07 Å². The van der Waals surface area contributed by atoms with E-state index in [0.717, 1.165) is 0 Å². The number of benzene rings is 2. The van der Waals surface area contributed by atoms with Crippen LogP contribution in [0.25, 0.3) is 0 Å². The molecule has 0 spiro atoms. The molecule has 8 nitrogen and oxygen atoms in total. The Kier molecular flexibility index (Phi) is 12.7. The minimum atomic E-state index is -1.32. The van der Waals surface area contributed by atoms with Crippen LogP contribution in [-0.2, 0) is 32.1 Å². The van der Waals surface area contributed by atoms with Gasteiger partial charge in [-0.3, -0.25) is 9.59 Å². The van der Waals surface area contributed by atoms with Crippen LogP contribution >= 0.6 is 24.2 Å². The van der Waals surface area contributed by atoms with Gasteiger partial charge in [0.15, 0.2) is 17.0 Å². The molecule has 1 heterocycles. The normalized spacial score (nSPS) is 16.1. The number of nitrogens with one attached hydrogen (secondary N) is 2. The lowest BCUT2D eigenvalue weighted by atomic mass is 10.0. The highest BCUT2D eigenvalue weighted by Crippen LogP contribution is 2.26. The minimum Gasteiger partial charge on any atom is -0.467 e. The first kappa shape index (κ1) is 34.2. The molecule has 226 valence electrons. The molecule has 3 atom stereocenters. The number of halogens is 5. The molecule has 1 aliphatic rings. The van der Waals surface area contributed by atoms with Gasteiger partial charge in [-0.2, -0.15) is 0 Å². The van der Waals surface area contributed by atoms with Gasteiger partial charge in [0, 0.05) is 48.6 Å². The molecule has 1 fully saturated rings. The summed E-state index contributed by atoms with van der Waals surface area (Å²) in [5.41, 5.74) is 6.40. The molecule has 2 aromatic carbocycles. The summed E-state index contributed by atoms with van der Waals surface area (Å²) >= 11 is 1.23. The van der Waals surface area contributed by atoms with Gasteiger partial charge in [-0.1, -0.05) is 19.9 Å². The highest BCUT2D eigenvalue weighted by Gasteiger charge is 2.35. The first-order valence-electron chi connectivity index (χ1n) is 12.6. The fourth-order valence-corrected chi connectivity index (χ4v) is 5.38. The first-order valence-corrected chi connectivity index (χ1v) is 13.7. The standard InChI is InChI=1S/C27H32F4N4O4S.ClH/c1-14(2)24(27(38)39-3)34-18-5-4-15(19(28)11-18)13-33-25(37)26-35(6-7-40-26)23(36)10-17(32)8-16-9-21(30)22(31)12-20(16)29;/h4-5,9,11-12,14,17,24,26,34H,6-8,10,13,32H2,1-3H3,(H,33,37);1H/t17-,24+,26+;/m1./s1. The molecule has 1 saturated heterocycles. The van der Waals surface area contributed by atoms with Gasteiger partial charge < -0.3 is 26.0 Å². The van der Waals surface area contributed by atoms with Crippen molar-refractivity contribution in [3.05, 3.63) is 64.7 Å². The average Bonchev–Trinajstić information content (AvgIpc) is 3.39. The quantitative estimate of drug-likeness (QED) is 0.199. The molecule has 0 bridgehead atoms. The zero-order valence-electron chi connectivity index (χ0n) is 22.7. The summed E-state index contributed by atoms with van der Waals surface area (Å²) in [6, 6.07) is 3.86. The maximum Gasteiger partial charge on any atom is 0.328 e. The number of nitrogens with two attached hydrogens (primary N) is 1. The number of rotatable bonds is 11. The third-order valence-electron chi connectivity index (χ3n) is 6.39. The lowest BCUT2D eigenvalue weighted by Gasteiger charge is -2.24. The third-order valence-corrected chi connectivity index (χ3v) is 7.60. The van der Waals surface area contributed by atoms with Crippen molar-refractivity contribution in [2.75, 3.05) is 24.7 Å². The van der Waals surface area contributed by atoms with E-state index in [1.807, 2.05) is 13.8 Å². The van der Waals surface area contributed by atoms with Crippen LogP contribution in [-0.4, -0.2) is 59.5 Å². The molecule has 0 aliphatic carbocycles. The number of carbonyl (C=O) groups excluding carboxylic acids is 3. The lowest BCUT2D eigenvalue weighted by Crippen LogP contribution is -2.46. The molecular weight excluding hydrogens is 588 g/mol. The number of thioether (sulfide) groups is 1. The fourth-order valence-electron chi connectivity index (χ4n) is 4.21. The van der Waals surface area contributed by atoms with Crippen molar-refractivity contribution in [1.82, 2.24) is 10.2 Å². The van der Waals surface area contributed by atoms with Gasteiger partial charge in [0.2, 0.25) is 5.91 Å². The van der Waals surface area contributed by atoms with Crippen LogP contribution in [0.15, 0.2) is 30.3 Å². The second-order valence-electron chi connectivity index (χ2n) is 9.75. The second kappa shape index (κ2) is 15.3. The Hall–Kier alpha value is -3.03. The number of hydrogen-bond donors (Lipinski definition) is 3. The Balaban J connectivity index is 0.00000588. The van der Waals surface area contributed by atoms with E-state index in [2.05, 4.69) is 10.6 Å². The van der Waals surface area contributed by atoms with Gasteiger partial charge in [0.1, 0.15) is 17.7 Å². The molecule has 2 amide bonds. The molecule has 4 N–H and O–H groups in total. The van der Waals surface area contributed by atoms with Crippen molar-refractivity contribution in [2.24, 2.45) is 11.7 Å². The van der Waals surface area contributed by atoms with Crippen LogP contribution in [0.5, 0.6) is 0 Å². The second-order valence-corrected chi connectivity index (χ2v) is 10.9. The highest BCUT2D eigenvalue weighted by molar-refractivity contribution is 8.00. The third kappa shape index (κ3) is 8.98. The van der Waals surface area contributed by atoms with Crippen molar-refractivity contribution in [1.29, 1.82) is 0 Å². The number of hydrogen-bond acceptors (Lipinski definition) is 7. The van der Waals surface area contributed by atoms with Gasteiger partial charge in [0.25, 0.3) is 5.91 Å². The summed E-state index contributed by atoms with van der Waals surface area (Å²) in [5, 5.41) is 4.72. The van der Waals surface area contributed by atoms with E-state index in [9.17, 15) is 31.9 Å². The Morgan fingerprint density at radius 3 is 2.34 bits per heavy atom. The van der Waals surface area contributed by atoms with E-state index >= 15 is 0 Å². The Morgan fingerprint density at radius 2 is 1.71 bits per heavy atom. The molecule has 2 aromatic rings. The van der Waals surface area contributed by atoms with Crippen molar-refractivity contribution in [2.45, 2.75) is 50.7 Å². The SMILES string of the molecule is COC(=O)[C@@H](Nc1ccc(CNC(=O)[C@@H]2SCCN2C(=O)C[C@H](N)Cc2cc(F)c(F)cc2F)c(F)c1)C(C)C.Cl. The summed E-state index contributed by atoms with van der Waals surface area (Å²) in [5.74, 6) is -5.14. The van der Waals surface area contributed by atoms with Crippen LogP contribution in [0.2, 0.25) is 0 Å². The van der Waals surface area contributed by atoms with E-state index in [-0.39, 0.29) is 55.4 Å². The van der Waals surface area contributed by atoms with Gasteiger partial charge in [-0.25, -0.2) is 22.4 Å². The number of carbonyl (C=O) groups is 3. The fraction of sp³-hybridized carbons (Fsp3) is 0.444. The molecule has 0 aromatic heterocycles. The van der Waals surface area contributed by atoms with Crippen LogP contribution in [0.4, 0.5) is 23.2 Å². The Morgan fingerprint density at radius 1 is 1.05 bits per heavy atom. The summed E-state index contributed by atoms with van der Waals surface area (Å²) in [6.07, 6.45) is -0.441. The molecule has 41 heavy (non-hydrogen) atoms. The number of amides is 2. The largest absolute Gasteiger partial charge is 0.467 e. The maximum atomic E-state index is 14.8. The van der Waals surface area contributed by atoms with Crippen LogP contribution in [0.3, 0.4) is 0 Å². The topological polar surface area (TPSA) is 114 Å². The number of ether oxygens (including phenoxy) is 1. The van der Waals surface area contributed by atoms with Gasteiger partial charge >= 0.3 is 5.97 Å². The monoisotopic (exact) mass is 620 g/mol. The predicted octanol–water partition coefficient (Wildman–Crippen LogP) is 3.75. The van der Waals surface area contributed by atoms with E-state index in [4.69, 9.17) is 10.5 Å². The highest BCUT2D eigenvalue weighted by atomic mass is 35.5. The van der Waals surface area contributed by atoms with Crippen molar-refractivity contribution >= 4 is 47.6 Å². The summed E-state index contributed by atoms with van der Waals surface area (Å²) in [7, 11) is 1.27. The van der Waals surface area contributed by atoms with Gasteiger partial charge in [-0.15, -0.1) is 24.2 Å². The van der Waals surface area contributed by atoms with E-state index < -0.39 is 58.5 Å². The summed E-state index contributed by atoms with van der Waals surface area (Å²) < 4.78 is 60.1. The number of methoxy groups -OCH3 is 1. The zero-order chi connectivity index (χ0) is 29.6. The van der Waals surface area contributed by atoms with E-state index in [1.165, 1.54) is 35.9 Å². The summed E-state index contributed by atoms with van der Waals surface area (Å²) in [6.45, 7) is 3.79. The molecular formula is C27H33ClF4N4O4S. The number of nitrogens with zero attached hydrogens (tertiary/aromatic N) is 1. The van der Waals surface area contributed by atoms with Crippen molar-refractivity contribution in [3.63, 3.8) is 0 Å². The van der Waals surface area contributed by atoms with Crippen molar-refractivity contribution < 1.29 is 36.7 Å². The van der Waals surface area contributed by atoms with Crippen molar-refractivity contribution in [3.8, 4) is 0 Å². The molecule has 1 aliphatic heterocycles.